The average Bonchev–Trinajstić information content (AvgIpc) is 3.10. The minimum absolute atomic E-state index is 0.0224. The molecule has 26 heavy (non-hydrogen) atoms. The number of nitrogens with zero attached hydrogens (tertiary/aromatic N) is 1. The molecule has 1 amide bonds. The second-order valence-electron chi connectivity index (χ2n) is 7.14. The van der Waals surface area contributed by atoms with Gasteiger partial charge in [-0.2, -0.15) is 0 Å². The molecule has 0 bridgehead atoms. The molecular formula is C21H20Cl2N2O. The van der Waals surface area contributed by atoms with Gasteiger partial charge in [-0.25, -0.2) is 0 Å². The van der Waals surface area contributed by atoms with E-state index in [-0.39, 0.29) is 17.9 Å². The second-order valence-corrected chi connectivity index (χ2v) is 7.99. The minimum atomic E-state index is 0.0224. The van der Waals surface area contributed by atoms with Gasteiger partial charge in [-0.1, -0.05) is 41.4 Å². The molecule has 2 aromatic carbocycles. The molecule has 0 aromatic heterocycles. The number of carbonyl (C=O) groups is 1. The normalized spacial score (nSPS) is 23.2. The number of carbonyl (C=O) groups excluding carboxylic acids is 1. The zero-order valence-corrected chi connectivity index (χ0v) is 16.2. The molecule has 3 nitrogen and oxygen atoms in total. The maximum atomic E-state index is 12.3. The summed E-state index contributed by atoms with van der Waals surface area (Å²) in [7, 11) is 3.55. The highest BCUT2D eigenvalue weighted by Gasteiger charge is 2.38. The SMILES string of the molecule is CN(C)C(=O)c1ccc2c(c1)C1C=CCC1C(c1ccc(Cl)cc1Cl)N2. The first-order valence-corrected chi connectivity index (χ1v) is 9.45. The van der Waals surface area contributed by atoms with Crippen molar-refractivity contribution in [3.8, 4) is 0 Å². The first-order valence-electron chi connectivity index (χ1n) is 8.69. The van der Waals surface area contributed by atoms with E-state index in [1.807, 2.05) is 30.3 Å². The van der Waals surface area contributed by atoms with Crippen LogP contribution in [-0.2, 0) is 0 Å². The maximum absolute atomic E-state index is 12.3. The van der Waals surface area contributed by atoms with Gasteiger partial charge >= 0.3 is 0 Å². The Balaban J connectivity index is 1.76. The molecule has 0 saturated carbocycles. The van der Waals surface area contributed by atoms with Crippen LogP contribution in [0.1, 0.15) is 39.9 Å². The van der Waals surface area contributed by atoms with Crippen molar-refractivity contribution in [2.75, 3.05) is 19.4 Å². The molecule has 134 valence electrons. The van der Waals surface area contributed by atoms with Gasteiger partial charge in [0.15, 0.2) is 0 Å². The molecule has 2 aromatic rings. The third kappa shape index (κ3) is 2.89. The van der Waals surface area contributed by atoms with E-state index >= 15 is 0 Å². The van der Waals surface area contributed by atoms with Crippen LogP contribution < -0.4 is 5.32 Å². The Hall–Kier alpha value is -1.97. The molecule has 5 heteroatoms. The van der Waals surface area contributed by atoms with Crippen LogP contribution in [0, 0.1) is 5.92 Å². The van der Waals surface area contributed by atoms with Crippen molar-refractivity contribution in [1.82, 2.24) is 4.90 Å². The zero-order chi connectivity index (χ0) is 18.4. The summed E-state index contributed by atoms with van der Waals surface area (Å²) in [5, 5.41) is 4.97. The number of halogens is 2. The summed E-state index contributed by atoms with van der Waals surface area (Å²) >= 11 is 12.6. The van der Waals surface area contributed by atoms with Crippen LogP contribution in [0.5, 0.6) is 0 Å². The molecule has 0 radical (unpaired) electrons. The number of amides is 1. The smallest absolute Gasteiger partial charge is 0.253 e. The quantitative estimate of drug-likeness (QED) is 0.688. The Morgan fingerprint density at radius 1 is 1.12 bits per heavy atom. The van der Waals surface area contributed by atoms with Gasteiger partial charge in [0.25, 0.3) is 5.91 Å². The van der Waals surface area contributed by atoms with E-state index in [9.17, 15) is 4.79 Å². The summed E-state index contributed by atoms with van der Waals surface area (Å²) in [5.41, 5.74) is 4.02. The molecule has 1 aliphatic carbocycles. The largest absolute Gasteiger partial charge is 0.378 e. The van der Waals surface area contributed by atoms with Crippen molar-refractivity contribution in [2.45, 2.75) is 18.4 Å². The molecule has 3 unspecified atom stereocenters. The Morgan fingerprint density at radius 3 is 2.65 bits per heavy atom. The highest BCUT2D eigenvalue weighted by atomic mass is 35.5. The van der Waals surface area contributed by atoms with Crippen LogP contribution in [-0.4, -0.2) is 24.9 Å². The van der Waals surface area contributed by atoms with Gasteiger partial charge in [-0.05, 0) is 53.8 Å². The average molecular weight is 387 g/mol. The van der Waals surface area contributed by atoms with E-state index in [4.69, 9.17) is 23.2 Å². The van der Waals surface area contributed by atoms with E-state index in [1.54, 1.807) is 25.1 Å². The summed E-state index contributed by atoms with van der Waals surface area (Å²) in [4.78, 5) is 13.9. The maximum Gasteiger partial charge on any atom is 0.253 e. The third-order valence-corrected chi connectivity index (χ3v) is 5.88. The fourth-order valence-electron chi connectivity index (χ4n) is 4.05. The summed E-state index contributed by atoms with van der Waals surface area (Å²) < 4.78 is 0. The third-order valence-electron chi connectivity index (χ3n) is 5.31. The van der Waals surface area contributed by atoms with E-state index < -0.39 is 0 Å². The number of benzene rings is 2. The Labute approximate surface area is 163 Å². The lowest BCUT2D eigenvalue weighted by Crippen LogP contribution is -2.30. The standard InChI is InChI=1S/C21H20Cl2N2O/c1-25(2)21(26)12-6-9-19-17(10-12)14-4-3-5-15(14)20(24-19)16-8-7-13(22)11-18(16)23/h3-4,6-11,14-15,20,24H,5H2,1-2H3. The lowest BCUT2D eigenvalue weighted by Gasteiger charge is -2.38. The van der Waals surface area contributed by atoms with Crippen LogP contribution in [0.25, 0.3) is 0 Å². The lowest BCUT2D eigenvalue weighted by molar-refractivity contribution is 0.0827. The lowest BCUT2D eigenvalue weighted by atomic mass is 9.76. The fourth-order valence-corrected chi connectivity index (χ4v) is 4.57. The van der Waals surface area contributed by atoms with E-state index in [2.05, 4.69) is 17.5 Å². The van der Waals surface area contributed by atoms with Crippen LogP contribution in [0.2, 0.25) is 10.0 Å². The van der Waals surface area contributed by atoms with Crippen molar-refractivity contribution in [3.63, 3.8) is 0 Å². The molecule has 0 saturated heterocycles. The fraction of sp³-hybridized carbons (Fsp3) is 0.286. The van der Waals surface area contributed by atoms with E-state index in [1.165, 1.54) is 5.56 Å². The van der Waals surface area contributed by atoms with Crippen LogP contribution in [0.3, 0.4) is 0 Å². The summed E-state index contributed by atoms with van der Waals surface area (Å²) in [6.07, 6.45) is 5.46. The molecule has 1 aliphatic heterocycles. The molecule has 3 atom stereocenters. The van der Waals surface area contributed by atoms with Gasteiger partial charge in [0, 0.05) is 41.3 Å². The van der Waals surface area contributed by atoms with Gasteiger partial charge in [-0.3, -0.25) is 4.79 Å². The second kappa shape index (κ2) is 6.64. The summed E-state index contributed by atoms with van der Waals surface area (Å²) in [5.74, 6) is 0.665. The first kappa shape index (κ1) is 17.4. The number of hydrogen-bond acceptors (Lipinski definition) is 2. The van der Waals surface area contributed by atoms with Crippen LogP contribution in [0.4, 0.5) is 5.69 Å². The number of rotatable bonds is 2. The van der Waals surface area contributed by atoms with Gasteiger partial charge < -0.3 is 10.2 Å². The van der Waals surface area contributed by atoms with Crippen LogP contribution >= 0.6 is 23.2 Å². The zero-order valence-electron chi connectivity index (χ0n) is 14.7. The molecule has 1 heterocycles. The number of nitrogens with one attached hydrogen (secondary N) is 1. The molecule has 4 rings (SSSR count). The number of fused-ring (bicyclic) bond motifs is 3. The number of anilines is 1. The monoisotopic (exact) mass is 386 g/mol. The van der Waals surface area contributed by atoms with Crippen molar-refractivity contribution in [3.05, 3.63) is 75.3 Å². The number of hydrogen-bond donors (Lipinski definition) is 1. The van der Waals surface area contributed by atoms with Gasteiger partial charge in [0.1, 0.15) is 0 Å². The Kier molecular flexibility index (Phi) is 4.45. The minimum Gasteiger partial charge on any atom is -0.378 e. The van der Waals surface area contributed by atoms with E-state index in [0.29, 0.717) is 16.0 Å². The molecule has 2 aliphatic rings. The summed E-state index contributed by atoms with van der Waals surface area (Å²) in [6.45, 7) is 0. The van der Waals surface area contributed by atoms with Crippen molar-refractivity contribution in [1.29, 1.82) is 0 Å². The summed E-state index contributed by atoms with van der Waals surface area (Å²) in [6, 6.07) is 11.7. The highest BCUT2D eigenvalue weighted by Crippen LogP contribution is 2.51. The first-order chi connectivity index (χ1) is 12.5. The predicted molar refractivity (Wildman–Crippen MR) is 107 cm³/mol. The molecule has 0 fully saturated rings. The Bertz CT molecular complexity index is 907. The number of allylic oxidation sites excluding steroid dienone is 2. The highest BCUT2D eigenvalue weighted by molar-refractivity contribution is 6.35. The molecular weight excluding hydrogens is 367 g/mol. The van der Waals surface area contributed by atoms with Gasteiger partial charge in [0.2, 0.25) is 0 Å². The Morgan fingerprint density at radius 2 is 1.92 bits per heavy atom. The van der Waals surface area contributed by atoms with Crippen LogP contribution in [0.15, 0.2) is 48.6 Å². The molecule has 1 N–H and O–H groups in total. The molecule has 0 spiro atoms. The topological polar surface area (TPSA) is 32.3 Å². The van der Waals surface area contributed by atoms with Crippen molar-refractivity contribution in [2.24, 2.45) is 5.92 Å². The van der Waals surface area contributed by atoms with Gasteiger partial charge in [0.05, 0.1) is 6.04 Å². The van der Waals surface area contributed by atoms with E-state index in [0.717, 1.165) is 23.2 Å². The van der Waals surface area contributed by atoms with Crippen molar-refractivity contribution < 1.29 is 4.79 Å². The van der Waals surface area contributed by atoms with Gasteiger partial charge in [-0.15, -0.1) is 0 Å². The van der Waals surface area contributed by atoms with Crippen molar-refractivity contribution >= 4 is 34.8 Å². The predicted octanol–water partition coefficient (Wildman–Crippen LogP) is 5.52.